The van der Waals surface area contributed by atoms with Gasteiger partial charge < -0.3 is 14.7 Å². The van der Waals surface area contributed by atoms with Crippen LogP contribution in [0.3, 0.4) is 0 Å². The van der Waals surface area contributed by atoms with Gasteiger partial charge in [-0.05, 0) is 129 Å². The van der Waals surface area contributed by atoms with Crippen LogP contribution in [0.4, 0.5) is 0 Å². The Bertz CT molecular complexity index is 1310. The summed E-state index contributed by atoms with van der Waals surface area (Å²) >= 11 is 0. The maximum atomic E-state index is 14.9. The van der Waals surface area contributed by atoms with Gasteiger partial charge in [0, 0.05) is 25.3 Å². The maximum absolute atomic E-state index is 14.9. The predicted octanol–water partition coefficient (Wildman–Crippen LogP) is 7.66. The second-order valence-corrected chi connectivity index (χ2v) is 18.5. The van der Waals surface area contributed by atoms with Crippen LogP contribution in [0.2, 0.25) is 0 Å². The number of carbonyl (C=O) groups excluding carboxylic acids is 3. The Labute approximate surface area is 272 Å². The van der Waals surface area contributed by atoms with E-state index in [-0.39, 0.29) is 63.3 Å². The Morgan fingerprint density at radius 2 is 1.60 bits per heavy atom. The molecule has 1 N–H and O–H groups in total. The number of fused-ring (bicyclic) bond motifs is 7. The van der Waals surface area contributed by atoms with Crippen molar-refractivity contribution >= 4 is 17.7 Å². The number of hydrogen-bond acceptors (Lipinski definition) is 5. The number of nitrogens with zero attached hydrogens (tertiary/aromatic N) is 1. The first-order chi connectivity index (χ1) is 20.8. The predicted molar refractivity (Wildman–Crippen MR) is 176 cm³/mol. The third-order valence-electron chi connectivity index (χ3n) is 15.4. The molecule has 0 aromatic carbocycles. The summed E-state index contributed by atoms with van der Waals surface area (Å²) < 4.78 is 5.93. The van der Waals surface area contributed by atoms with Gasteiger partial charge in [-0.15, -0.1) is 0 Å². The fourth-order valence-corrected chi connectivity index (χ4v) is 13.3. The van der Waals surface area contributed by atoms with E-state index in [9.17, 15) is 19.5 Å². The molecule has 1 amide bonds. The zero-order chi connectivity index (χ0) is 33.1. The lowest BCUT2D eigenvalue weighted by molar-refractivity contribution is -0.233. The Hall–Kier alpha value is -1.69. The van der Waals surface area contributed by atoms with Crippen molar-refractivity contribution < 1.29 is 24.2 Å². The quantitative estimate of drug-likeness (QED) is 0.325. The summed E-state index contributed by atoms with van der Waals surface area (Å²) in [5.41, 5.74) is 0.572. The summed E-state index contributed by atoms with van der Waals surface area (Å²) in [7, 11) is 0. The van der Waals surface area contributed by atoms with E-state index in [2.05, 4.69) is 48.5 Å². The molecule has 45 heavy (non-hydrogen) atoms. The number of rotatable bonds is 4. The molecule has 4 saturated carbocycles. The van der Waals surface area contributed by atoms with Crippen LogP contribution in [0, 0.1) is 50.7 Å². The van der Waals surface area contributed by atoms with E-state index in [0.29, 0.717) is 24.8 Å². The molecule has 0 radical (unpaired) electrons. The largest absolute Gasteiger partial charge is 0.462 e. The number of aliphatic hydroxyl groups is 1. The van der Waals surface area contributed by atoms with E-state index in [1.807, 2.05) is 18.7 Å². The molecule has 6 aliphatic rings. The van der Waals surface area contributed by atoms with Crippen LogP contribution >= 0.6 is 0 Å². The minimum atomic E-state index is -0.971. The van der Waals surface area contributed by atoms with Crippen molar-refractivity contribution in [2.75, 3.05) is 6.54 Å². The zero-order valence-corrected chi connectivity index (χ0v) is 30.0. The van der Waals surface area contributed by atoms with Crippen molar-refractivity contribution in [1.82, 2.24) is 4.90 Å². The number of ether oxygens (including phenoxy) is 1. The van der Waals surface area contributed by atoms with Crippen molar-refractivity contribution in [3.63, 3.8) is 0 Å². The van der Waals surface area contributed by atoms with Crippen LogP contribution in [0.15, 0.2) is 11.1 Å². The van der Waals surface area contributed by atoms with Crippen LogP contribution in [-0.4, -0.2) is 52.0 Å². The van der Waals surface area contributed by atoms with Gasteiger partial charge in [-0.3, -0.25) is 14.4 Å². The monoisotopic (exact) mass is 623 g/mol. The molecule has 1 heterocycles. The van der Waals surface area contributed by atoms with Crippen LogP contribution < -0.4 is 0 Å². The van der Waals surface area contributed by atoms with Crippen molar-refractivity contribution in [2.24, 2.45) is 50.7 Å². The van der Waals surface area contributed by atoms with E-state index < -0.39 is 11.0 Å². The molecular formula is C39H61NO5. The number of ketones is 1. The molecule has 9 atom stereocenters. The second-order valence-electron chi connectivity index (χ2n) is 18.5. The lowest BCUT2D eigenvalue weighted by Crippen LogP contribution is -2.66. The van der Waals surface area contributed by atoms with E-state index >= 15 is 0 Å². The second kappa shape index (κ2) is 10.4. The van der Waals surface area contributed by atoms with Crippen LogP contribution in [-0.2, 0) is 19.1 Å². The van der Waals surface area contributed by atoms with Crippen LogP contribution in [0.25, 0.3) is 0 Å². The highest BCUT2D eigenvalue weighted by atomic mass is 16.5. The van der Waals surface area contributed by atoms with E-state index in [1.54, 1.807) is 6.92 Å². The fourth-order valence-electron chi connectivity index (χ4n) is 13.3. The van der Waals surface area contributed by atoms with Gasteiger partial charge in [0.25, 0.3) is 0 Å². The molecule has 6 rings (SSSR count). The molecule has 5 fully saturated rings. The van der Waals surface area contributed by atoms with E-state index in [0.717, 1.165) is 69.8 Å². The van der Waals surface area contributed by atoms with Crippen molar-refractivity contribution in [3.05, 3.63) is 11.1 Å². The SMILES string of the molecule is CC(=O)O[C@H]1CC[C@]2(C)[C@H]3CC[C@@H]4C5=C(C(C)C)C(=O)C[C@]5(C(=O)N5CCC[C@H]5C(C)(C)O)CC[C@@]4(C)[C@]3(C)CC[C@H]2C1(C)C. The molecule has 6 heteroatoms. The van der Waals surface area contributed by atoms with Crippen molar-refractivity contribution in [2.45, 2.75) is 158 Å². The first kappa shape index (κ1) is 33.2. The Balaban J connectivity index is 1.40. The third kappa shape index (κ3) is 4.45. The van der Waals surface area contributed by atoms with Crippen LogP contribution in [0.5, 0.6) is 0 Å². The highest BCUT2D eigenvalue weighted by Gasteiger charge is 2.71. The number of hydrogen-bond donors (Lipinski definition) is 1. The number of carbonyl (C=O) groups is 3. The van der Waals surface area contributed by atoms with Gasteiger partial charge in [-0.2, -0.15) is 0 Å². The summed E-state index contributed by atoms with van der Waals surface area (Å²) in [6.45, 7) is 22.5. The fraction of sp³-hybridized carbons (Fsp3) is 0.872. The van der Waals surface area contributed by atoms with Crippen LogP contribution in [0.1, 0.15) is 140 Å². The van der Waals surface area contributed by atoms with Gasteiger partial charge >= 0.3 is 5.97 Å². The highest BCUT2D eigenvalue weighted by molar-refractivity contribution is 6.07. The summed E-state index contributed by atoms with van der Waals surface area (Å²) in [6, 6.07) is -0.207. The van der Waals surface area contributed by atoms with Gasteiger partial charge in [0.05, 0.1) is 17.1 Å². The number of likely N-dealkylation sites (tertiary alicyclic amines) is 1. The molecule has 1 saturated heterocycles. The molecule has 252 valence electrons. The maximum Gasteiger partial charge on any atom is 0.302 e. The number of esters is 1. The van der Waals surface area contributed by atoms with Gasteiger partial charge in [-0.1, -0.05) is 48.5 Å². The van der Waals surface area contributed by atoms with Gasteiger partial charge in [0.15, 0.2) is 5.78 Å². The third-order valence-corrected chi connectivity index (χ3v) is 15.4. The van der Waals surface area contributed by atoms with E-state index in [1.165, 1.54) is 5.57 Å². The molecule has 5 aliphatic carbocycles. The number of amides is 1. The summed E-state index contributed by atoms with van der Waals surface area (Å²) in [5, 5.41) is 11.1. The normalized spacial score (nSPS) is 44.3. The molecule has 0 aromatic rings. The van der Waals surface area contributed by atoms with Gasteiger partial charge in [0.1, 0.15) is 6.10 Å². The standard InChI is InChI=1S/C39H61NO5/c1-23(2)31-26(42)22-39(33(43)40-21-11-12-29(40)35(6,7)44)20-19-37(9)25(32(31)39)13-14-28-36(8)17-16-30(45-24(3)41)34(4,5)27(36)15-18-38(28,37)10/h23,25,27-30,44H,11-22H2,1-10H3/t25-,27+,28-,29+,30+,36+,37-,38-,39-/m1/s1. The molecule has 0 aromatic heterocycles. The molecule has 6 nitrogen and oxygen atoms in total. The average Bonchev–Trinajstić information content (AvgIpc) is 3.53. The molecule has 0 bridgehead atoms. The first-order valence-electron chi connectivity index (χ1n) is 18.2. The summed E-state index contributed by atoms with van der Waals surface area (Å²) in [6.07, 6.45) is 10.1. The summed E-state index contributed by atoms with van der Waals surface area (Å²) in [5.74, 6) is 1.46. The topological polar surface area (TPSA) is 83.9 Å². The number of allylic oxidation sites excluding steroid dienone is 1. The minimum absolute atomic E-state index is 0.00863. The lowest BCUT2D eigenvalue weighted by Gasteiger charge is -2.72. The zero-order valence-electron chi connectivity index (χ0n) is 30.0. The molecular weight excluding hydrogens is 562 g/mol. The average molecular weight is 624 g/mol. The number of Topliss-reactive ketones (excluding diaryl/α,β-unsaturated/α-hetero) is 1. The van der Waals surface area contributed by atoms with Gasteiger partial charge in [0.2, 0.25) is 5.91 Å². The first-order valence-corrected chi connectivity index (χ1v) is 18.2. The molecule has 1 aliphatic heterocycles. The molecule has 0 unspecified atom stereocenters. The van der Waals surface area contributed by atoms with E-state index in [4.69, 9.17) is 4.74 Å². The van der Waals surface area contributed by atoms with Crippen molar-refractivity contribution in [1.29, 1.82) is 0 Å². The lowest BCUT2D eigenvalue weighted by atomic mass is 9.33. The highest BCUT2D eigenvalue weighted by Crippen LogP contribution is 2.77. The Kier molecular flexibility index (Phi) is 7.68. The Morgan fingerprint density at radius 1 is 0.911 bits per heavy atom. The molecule has 0 spiro atoms. The van der Waals surface area contributed by atoms with Gasteiger partial charge in [-0.25, -0.2) is 0 Å². The van der Waals surface area contributed by atoms with Crippen molar-refractivity contribution in [3.8, 4) is 0 Å². The minimum Gasteiger partial charge on any atom is -0.462 e. The summed E-state index contributed by atoms with van der Waals surface area (Å²) in [4.78, 5) is 43.0. The smallest absolute Gasteiger partial charge is 0.302 e. The Morgan fingerprint density at radius 3 is 2.22 bits per heavy atom.